The number of nitrogens with two attached hydrogens (primary N) is 1. The van der Waals surface area contributed by atoms with Crippen LogP contribution in [0.15, 0.2) is 18.3 Å². The quantitative estimate of drug-likeness (QED) is 0.856. The predicted octanol–water partition coefficient (Wildman–Crippen LogP) is 2.63. The van der Waals surface area contributed by atoms with Gasteiger partial charge in [-0.3, -0.25) is 4.79 Å². The third kappa shape index (κ3) is 3.24. The van der Waals surface area contributed by atoms with Crippen LogP contribution >= 0.6 is 11.6 Å². The van der Waals surface area contributed by atoms with Crippen LogP contribution in [0.4, 0.5) is 10.3 Å². The van der Waals surface area contributed by atoms with Crippen molar-refractivity contribution in [3.8, 4) is 11.3 Å². The van der Waals surface area contributed by atoms with Gasteiger partial charge >= 0.3 is 0 Å². The number of carbonyl (C=O) groups excluding carboxylic acids is 1. The van der Waals surface area contributed by atoms with Gasteiger partial charge in [-0.2, -0.15) is 0 Å². The Hall–Kier alpha value is -2.25. The van der Waals surface area contributed by atoms with E-state index in [2.05, 4.69) is 9.97 Å². The van der Waals surface area contributed by atoms with Crippen LogP contribution in [0, 0.1) is 5.82 Å². The highest BCUT2D eigenvalue weighted by atomic mass is 35.5. The third-order valence-corrected chi connectivity index (χ3v) is 4.70. The van der Waals surface area contributed by atoms with E-state index in [9.17, 15) is 14.3 Å². The second-order valence-electron chi connectivity index (χ2n) is 7.22. The summed E-state index contributed by atoms with van der Waals surface area (Å²) < 4.78 is 14.9. The summed E-state index contributed by atoms with van der Waals surface area (Å²) in [5, 5.41) is 9.88. The molecule has 3 N–H and O–H groups in total. The second kappa shape index (κ2) is 6.48. The molecule has 26 heavy (non-hydrogen) atoms. The molecule has 0 saturated carbocycles. The molecule has 1 aromatic carbocycles. The van der Waals surface area contributed by atoms with Crippen LogP contribution in [0.3, 0.4) is 0 Å². The zero-order valence-electron chi connectivity index (χ0n) is 14.8. The van der Waals surface area contributed by atoms with E-state index >= 15 is 0 Å². The largest absolute Gasteiger partial charge is 0.392 e. The number of benzene rings is 1. The number of hydrogen-bond acceptors (Lipinski definition) is 5. The highest BCUT2D eigenvalue weighted by Gasteiger charge is 2.39. The summed E-state index contributed by atoms with van der Waals surface area (Å²) in [6.45, 7) is 5.96. The van der Waals surface area contributed by atoms with Crippen molar-refractivity contribution < 1.29 is 14.3 Å². The fourth-order valence-corrected chi connectivity index (χ4v) is 3.54. The Balaban J connectivity index is 2.16. The lowest BCUT2D eigenvalue weighted by molar-refractivity contribution is 0.0560. The normalized spacial score (nSPS) is 17.2. The molecule has 0 radical (unpaired) electrons. The molecule has 138 valence electrons. The number of aromatic nitrogens is 2. The van der Waals surface area contributed by atoms with Gasteiger partial charge in [0.15, 0.2) is 0 Å². The first-order valence-corrected chi connectivity index (χ1v) is 8.57. The number of anilines is 1. The molecule has 1 aliphatic heterocycles. The number of nitrogens with zero attached hydrogens (tertiary/aromatic N) is 3. The molecule has 8 heteroatoms. The van der Waals surface area contributed by atoms with E-state index in [0.717, 1.165) is 0 Å². The highest BCUT2D eigenvalue weighted by Crippen LogP contribution is 2.38. The van der Waals surface area contributed by atoms with E-state index in [4.69, 9.17) is 17.3 Å². The number of halogens is 2. The summed E-state index contributed by atoms with van der Waals surface area (Å²) >= 11 is 6.14. The first-order valence-electron chi connectivity index (χ1n) is 8.20. The van der Waals surface area contributed by atoms with Gasteiger partial charge in [0.05, 0.1) is 28.6 Å². The molecule has 3 rings (SSSR count). The molecule has 1 aliphatic rings. The summed E-state index contributed by atoms with van der Waals surface area (Å²) in [5.74, 6) is -1.06. The van der Waals surface area contributed by atoms with Crippen molar-refractivity contribution >= 4 is 23.5 Å². The Morgan fingerprint density at radius 1 is 1.46 bits per heavy atom. The van der Waals surface area contributed by atoms with Gasteiger partial charge < -0.3 is 15.7 Å². The number of aliphatic hydroxyl groups excluding tert-OH is 1. The molecule has 1 amide bonds. The lowest BCUT2D eigenvalue weighted by Crippen LogP contribution is -2.49. The number of rotatable bonds is 3. The van der Waals surface area contributed by atoms with E-state index in [1.807, 2.05) is 13.8 Å². The average molecular weight is 379 g/mol. The Morgan fingerprint density at radius 2 is 2.15 bits per heavy atom. The minimum atomic E-state index is -0.693. The highest BCUT2D eigenvalue weighted by molar-refractivity contribution is 6.32. The van der Waals surface area contributed by atoms with E-state index in [1.54, 1.807) is 13.0 Å². The van der Waals surface area contributed by atoms with E-state index < -0.39 is 23.2 Å². The Morgan fingerprint density at radius 3 is 2.81 bits per heavy atom. The number of nitrogen functional groups attached to an aromatic ring is 1. The summed E-state index contributed by atoms with van der Waals surface area (Å²) in [6.07, 6.45) is 0.665. The SMILES string of the molecule is CC(O)CN1CC(C)(C)c2cc(-c3nc(N)ncc3Cl)cc(F)c2C1=O. The maximum atomic E-state index is 14.9. The van der Waals surface area contributed by atoms with Crippen molar-refractivity contribution in [2.75, 3.05) is 18.8 Å². The molecule has 1 aromatic heterocycles. The van der Waals surface area contributed by atoms with Crippen LogP contribution in [0.1, 0.15) is 36.7 Å². The van der Waals surface area contributed by atoms with Gasteiger partial charge in [0.25, 0.3) is 5.91 Å². The minimum absolute atomic E-state index is 0.0174. The van der Waals surface area contributed by atoms with Crippen LogP contribution in [0.5, 0.6) is 0 Å². The summed E-state index contributed by atoms with van der Waals surface area (Å²) in [5.41, 5.74) is 6.45. The number of aliphatic hydroxyl groups is 1. The number of β-amino-alcohol motifs (C(OH)–C–C–N with tert-alkyl or cyclic N) is 1. The van der Waals surface area contributed by atoms with E-state index in [1.165, 1.54) is 17.2 Å². The van der Waals surface area contributed by atoms with Crippen molar-refractivity contribution in [3.05, 3.63) is 40.3 Å². The molecule has 2 heterocycles. The predicted molar refractivity (Wildman–Crippen MR) is 97.5 cm³/mol. The molecular formula is C18H20ClFN4O2. The standard InChI is InChI=1S/C18H20ClFN4O2/c1-9(25)7-24-8-18(2,3)11-4-10(5-13(20)14(11)16(24)26)15-12(19)6-22-17(21)23-15/h4-6,9,25H,7-8H2,1-3H3,(H2,21,22,23). The second-order valence-corrected chi connectivity index (χ2v) is 7.63. The summed E-state index contributed by atoms with van der Waals surface area (Å²) in [6, 6.07) is 2.95. The van der Waals surface area contributed by atoms with E-state index in [-0.39, 0.29) is 23.1 Å². The van der Waals surface area contributed by atoms with Crippen LogP contribution < -0.4 is 5.73 Å². The smallest absolute Gasteiger partial charge is 0.257 e. The third-order valence-electron chi connectivity index (χ3n) is 4.43. The van der Waals surface area contributed by atoms with Gasteiger partial charge in [0.2, 0.25) is 5.95 Å². The van der Waals surface area contributed by atoms with Crippen LogP contribution in [0.25, 0.3) is 11.3 Å². The molecule has 0 aliphatic carbocycles. The van der Waals surface area contributed by atoms with Crippen molar-refractivity contribution in [1.29, 1.82) is 0 Å². The molecule has 0 saturated heterocycles. The molecule has 2 aromatic rings. The average Bonchev–Trinajstić information content (AvgIpc) is 2.53. The van der Waals surface area contributed by atoms with Gasteiger partial charge in [-0.25, -0.2) is 14.4 Å². The minimum Gasteiger partial charge on any atom is -0.392 e. The summed E-state index contributed by atoms with van der Waals surface area (Å²) in [4.78, 5) is 22.1. The van der Waals surface area contributed by atoms with Gasteiger partial charge in [0, 0.05) is 24.1 Å². The van der Waals surface area contributed by atoms with Gasteiger partial charge in [-0.05, 0) is 24.6 Å². The molecule has 1 unspecified atom stereocenters. The number of hydrogen-bond donors (Lipinski definition) is 2. The molecular weight excluding hydrogens is 359 g/mol. The fraction of sp³-hybridized carbons (Fsp3) is 0.389. The van der Waals surface area contributed by atoms with Gasteiger partial charge in [0.1, 0.15) is 5.82 Å². The lowest BCUT2D eigenvalue weighted by Gasteiger charge is -2.40. The number of carbonyl (C=O) groups is 1. The first kappa shape index (κ1) is 18.5. The maximum absolute atomic E-state index is 14.9. The van der Waals surface area contributed by atoms with Crippen molar-refractivity contribution in [2.45, 2.75) is 32.3 Å². The summed E-state index contributed by atoms with van der Waals surface area (Å²) in [7, 11) is 0. The van der Waals surface area contributed by atoms with Gasteiger partial charge in [-0.1, -0.05) is 25.4 Å². The van der Waals surface area contributed by atoms with Crippen LogP contribution in [-0.2, 0) is 5.41 Å². The fourth-order valence-electron chi connectivity index (χ4n) is 3.34. The number of fused-ring (bicyclic) bond motifs is 1. The monoisotopic (exact) mass is 378 g/mol. The van der Waals surface area contributed by atoms with Crippen molar-refractivity contribution in [3.63, 3.8) is 0 Å². The van der Waals surface area contributed by atoms with Crippen LogP contribution in [0.2, 0.25) is 5.02 Å². The van der Waals surface area contributed by atoms with E-state index in [0.29, 0.717) is 23.4 Å². The zero-order chi connectivity index (χ0) is 19.2. The molecule has 6 nitrogen and oxygen atoms in total. The van der Waals surface area contributed by atoms with Crippen molar-refractivity contribution in [1.82, 2.24) is 14.9 Å². The van der Waals surface area contributed by atoms with Crippen LogP contribution in [-0.4, -0.2) is 45.1 Å². The Bertz CT molecular complexity index is 886. The maximum Gasteiger partial charge on any atom is 0.257 e. The zero-order valence-corrected chi connectivity index (χ0v) is 15.5. The lowest BCUT2D eigenvalue weighted by atomic mass is 9.77. The first-order chi connectivity index (χ1) is 12.1. The molecule has 1 atom stereocenters. The number of amides is 1. The Kier molecular flexibility index (Phi) is 4.62. The Labute approximate surface area is 155 Å². The topological polar surface area (TPSA) is 92.3 Å². The molecule has 0 spiro atoms. The molecule has 0 bridgehead atoms. The van der Waals surface area contributed by atoms with Crippen molar-refractivity contribution in [2.24, 2.45) is 0 Å². The molecule has 0 fully saturated rings. The van der Waals surface area contributed by atoms with Gasteiger partial charge in [-0.15, -0.1) is 0 Å².